The van der Waals surface area contributed by atoms with Crippen molar-refractivity contribution in [1.29, 1.82) is 0 Å². The average molecular weight is 289 g/mol. The summed E-state index contributed by atoms with van der Waals surface area (Å²) in [6.07, 6.45) is 2.77. The van der Waals surface area contributed by atoms with Crippen LogP contribution in [0.3, 0.4) is 0 Å². The molecule has 7 heteroatoms. The van der Waals surface area contributed by atoms with Crippen LogP contribution >= 0.6 is 0 Å². The molecule has 0 aliphatic carbocycles. The largest absolute Gasteiger partial charge is 0.478 e. The molecule has 7 nitrogen and oxygen atoms in total. The summed E-state index contributed by atoms with van der Waals surface area (Å²) in [6.45, 7) is 6.00. The lowest BCUT2D eigenvalue weighted by atomic mass is 10.3. The van der Waals surface area contributed by atoms with Crippen LogP contribution in [0.4, 0.5) is 0 Å². The molecule has 2 aromatic rings. The van der Waals surface area contributed by atoms with E-state index in [1.807, 2.05) is 30.8 Å². The highest BCUT2D eigenvalue weighted by molar-refractivity contribution is 5.92. The number of aryl methyl sites for hydroxylation is 1. The summed E-state index contributed by atoms with van der Waals surface area (Å²) >= 11 is 0. The van der Waals surface area contributed by atoms with Gasteiger partial charge in [0.15, 0.2) is 0 Å². The molecule has 112 valence electrons. The first-order valence-electron chi connectivity index (χ1n) is 7.16. The zero-order valence-corrected chi connectivity index (χ0v) is 12.2. The highest BCUT2D eigenvalue weighted by Gasteiger charge is 2.15. The normalized spacial score (nSPS) is 13.9. The zero-order chi connectivity index (χ0) is 14.8. The van der Waals surface area contributed by atoms with Gasteiger partial charge in [0.1, 0.15) is 5.69 Å². The van der Waals surface area contributed by atoms with Gasteiger partial charge >= 0.3 is 0 Å². The lowest BCUT2D eigenvalue weighted by Crippen LogP contribution is -2.24. The highest BCUT2D eigenvalue weighted by atomic mass is 16.5. The summed E-state index contributed by atoms with van der Waals surface area (Å²) in [6, 6.07) is 3.83. The molecule has 2 aromatic heterocycles. The molecule has 1 amide bonds. The highest BCUT2D eigenvalue weighted by Crippen LogP contribution is 2.18. The number of fused-ring (bicyclic) bond motifs is 1. The summed E-state index contributed by atoms with van der Waals surface area (Å²) < 4.78 is 9.09. The number of amides is 1. The van der Waals surface area contributed by atoms with Gasteiger partial charge in [-0.25, -0.2) is 4.68 Å². The standard InChI is InChI=1S/C14H19N5O2/c1-10(2)18-6-4-12(17-18)14(20)15-9-11-8-13-19(16-11)5-3-7-21-13/h4,6,8,10H,3,5,7,9H2,1-2H3,(H,15,20). The number of hydrogen-bond donors (Lipinski definition) is 1. The summed E-state index contributed by atoms with van der Waals surface area (Å²) in [4.78, 5) is 12.0. The van der Waals surface area contributed by atoms with E-state index in [9.17, 15) is 4.79 Å². The van der Waals surface area contributed by atoms with Crippen LogP contribution in [-0.4, -0.2) is 32.1 Å². The fraction of sp³-hybridized carbons (Fsp3) is 0.500. The van der Waals surface area contributed by atoms with Gasteiger partial charge in [-0.3, -0.25) is 9.48 Å². The number of carbonyl (C=O) groups is 1. The van der Waals surface area contributed by atoms with E-state index < -0.39 is 0 Å². The Morgan fingerprint density at radius 1 is 1.48 bits per heavy atom. The molecule has 0 saturated carbocycles. The van der Waals surface area contributed by atoms with Crippen LogP contribution in [0.1, 0.15) is 42.5 Å². The van der Waals surface area contributed by atoms with E-state index >= 15 is 0 Å². The van der Waals surface area contributed by atoms with Crippen LogP contribution in [0.5, 0.6) is 5.88 Å². The van der Waals surface area contributed by atoms with Crippen molar-refractivity contribution in [2.45, 2.75) is 39.4 Å². The van der Waals surface area contributed by atoms with Gasteiger partial charge in [0, 0.05) is 31.3 Å². The van der Waals surface area contributed by atoms with Crippen LogP contribution in [0, 0.1) is 0 Å². The van der Waals surface area contributed by atoms with Crippen LogP contribution in [-0.2, 0) is 13.1 Å². The molecule has 21 heavy (non-hydrogen) atoms. The monoisotopic (exact) mass is 289 g/mol. The molecule has 1 N–H and O–H groups in total. The fourth-order valence-electron chi connectivity index (χ4n) is 2.21. The minimum Gasteiger partial charge on any atom is -0.478 e. The van der Waals surface area contributed by atoms with Crippen molar-refractivity contribution in [2.24, 2.45) is 0 Å². The van der Waals surface area contributed by atoms with Crippen LogP contribution in [0.15, 0.2) is 18.3 Å². The van der Waals surface area contributed by atoms with E-state index in [4.69, 9.17) is 4.74 Å². The molecular weight excluding hydrogens is 270 g/mol. The van der Waals surface area contributed by atoms with Crippen LogP contribution < -0.4 is 10.1 Å². The van der Waals surface area contributed by atoms with Crippen molar-refractivity contribution in [3.8, 4) is 5.88 Å². The fourth-order valence-corrected chi connectivity index (χ4v) is 2.21. The number of aromatic nitrogens is 4. The van der Waals surface area contributed by atoms with E-state index in [1.165, 1.54) is 0 Å². The summed E-state index contributed by atoms with van der Waals surface area (Å²) in [5.41, 5.74) is 1.22. The minimum atomic E-state index is -0.193. The Bertz CT molecular complexity index is 620. The predicted octanol–water partition coefficient (Wildman–Crippen LogP) is 1.37. The van der Waals surface area contributed by atoms with Crippen LogP contribution in [0.25, 0.3) is 0 Å². The Labute approximate surface area is 122 Å². The molecule has 0 unspecified atom stereocenters. The van der Waals surface area contributed by atoms with Gasteiger partial charge in [-0.15, -0.1) is 0 Å². The molecule has 0 radical (unpaired) electrons. The topological polar surface area (TPSA) is 74.0 Å². The van der Waals surface area contributed by atoms with Gasteiger partial charge in [-0.1, -0.05) is 0 Å². The van der Waals surface area contributed by atoms with Crippen molar-refractivity contribution >= 4 is 5.91 Å². The Hall–Kier alpha value is -2.31. The second-order valence-electron chi connectivity index (χ2n) is 5.36. The van der Waals surface area contributed by atoms with Gasteiger partial charge in [0.2, 0.25) is 5.88 Å². The Kier molecular flexibility index (Phi) is 3.64. The van der Waals surface area contributed by atoms with Gasteiger partial charge in [0.05, 0.1) is 18.8 Å². The third kappa shape index (κ3) is 2.91. The summed E-state index contributed by atoms with van der Waals surface area (Å²) in [5.74, 6) is 0.580. The minimum absolute atomic E-state index is 0.193. The first-order valence-corrected chi connectivity index (χ1v) is 7.16. The van der Waals surface area contributed by atoms with E-state index in [2.05, 4.69) is 15.5 Å². The summed E-state index contributed by atoms with van der Waals surface area (Å²) in [5, 5.41) is 11.5. The molecule has 0 spiro atoms. The quantitative estimate of drug-likeness (QED) is 0.922. The number of hydrogen-bond acceptors (Lipinski definition) is 4. The van der Waals surface area contributed by atoms with Crippen molar-refractivity contribution in [1.82, 2.24) is 24.9 Å². The first kappa shape index (κ1) is 13.7. The molecule has 0 atom stereocenters. The van der Waals surface area contributed by atoms with E-state index in [0.29, 0.717) is 12.2 Å². The average Bonchev–Trinajstić information content (AvgIpc) is 3.11. The van der Waals surface area contributed by atoms with Crippen molar-refractivity contribution in [3.05, 3.63) is 29.7 Å². The molecule has 0 fully saturated rings. The SMILES string of the molecule is CC(C)n1ccc(C(=O)NCc2cc3n(n2)CCCO3)n1. The van der Waals surface area contributed by atoms with Crippen molar-refractivity contribution < 1.29 is 9.53 Å². The first-order chi connectivity index (χ1) is 10.1. The van der Waals surface area contributed by atoms with Gasteiger partial charge in [0.25, 0.3) is 5.91 Å². The number of ether oxygens (including phenoxy) is 1. The Balaban J connectivity index is 1.61. The molecule has 0 aromatic carbocycles. The zero-order valence-electron chi connectivity index (χ0n) is 12.2. The van der Waals surface area contributed by atoms with E-state index in [1.54, 1.807) is 10.7 Å². The number of nitrogens with one attached hydrogen (secondary N) is 1. The van der Waals surface area contributed by atoms with Gasteiger partial charge < -0.3 is 10.1 Å². The van der Waals surface area contributed by atoms with Crippen LogP contribution in [0.2, 0.25) is 0 Å². The lowest BCUT2D eigenvalue weighted by molar-refractivity contribution is 0.0944. The second-order valence-corrected chi connectivity index (χ2v) is 5.36. The Morgan fingerprint density at radius 3 is 3.05 bits per heavy atom. The number of nitrogens with zero attached hydrogens (tertiary/aromatic N) is 4. The second kappa shape index (κ2) is 5.59. The number of rotatable bonds is 4. The maximum Gasteiger partial charge on any atom is 0.272 e. The lowest BCUT2D eigenvalue weighted by Gasteiger charge is -2.13. The number of carbonyl (C=O) groups excluding carboxylic acids is 1. The van der Waals surface area contributed by atoms with Gasteiger partial charge in [-0.2, -0.15) is 10.2 Å². The third-order valence-electron chi connectivity index (χ3n) is 3.36. The molecular formula is C14H19N5O2. The van der Waals surface area contributed by atoms with Crippen molar-refractivity contribution in [2.75, 3.05) is 6.61 Å². The smallest absolute Gasteiger partial charge is 0.272 e. The van der Waals surface area contributed by atoms with E-state index in [0.717, 1.165) is 31.1 Å². The molecule has 0 bridgehead atoms. The van der Waals surface area contributed by atoms with E-state index in [-0.39, 0.29) is 11.9 Å². The van der Waals surface area contributed by atoms with Crippen molar-refractivity contribution in [3.63, 3.8) is 0 Å². The third-order valence-corrected chi connectivity index (χ3v) is 3.36. The summed E-state index contributed by atoms with van der Waals surface area (Å²) in [7, 11) is 0. The molecule has 3 rings (SSSR count). The molecule has 3 heterocycles. The molecule has 0 saturated heterocycles. The van der Waals surface area contributed by atoms with Gasteiger partial charge in [-0.05, 0) is 19.9 Å². The molecule has 1 aliphatic heterocycles. The Morgan fingerprint density at radius 2 is 2.33 bits per heavy atom. The maximum absolute atomic E-state index is 12.0. The molecule has 1 aliphatic rings. The maximum atomic E-state index is 12.0. The predicted molar refractivity (Wildman–Crippen MR) is 76.1 cm³/mol.